The number of ether oxygens (including phenoxy) is 2. The van der Waals surface area contributed by atoms with Gasteiger partial charge < -0.3 is 43.7 Å². The van der Waals surface area contributed by atoms with Gasteiger partial charge in [0.25, 0.3) is 0 Å². The number of nitrogens with zero attached hydrogens (tertiary/aromatic N) is 4. The van der Waals surface area contributed by atoms with Crippen LogP contribution in [0, 0.1) is 13.8 Å². The second-order valence-corrected chi connectivity index (χ2v) is 33.9. The second-order valence-electron chi connectivity index (χ2n) is 24.4. The zero-order valence-corrected chi connectivity index (χ0v) is 49.9. The number of carboxylic acid groups (broad SMARTS) is 1. The number of aryl methyl sites for hydroxylation is 2. The van der Waals surface area contributed by atoms with Crippen molar-refractivity contribution in [1.29, 1.82) is 0 Å². The average molecular weight is 1060 g/mol. The fourth-order valence-corrected chi connectivity index (χ4v) is 10.5. The largest absolute Gasteiger partial charge is 0.480 e. The van der Waals surface area contributed by atoms with Crippen LogP contribution in [0.25, 0.3) is 0 Å². The third kappa shape index (κ3) is 18.4. The van der Waals surface area contributed by atoms with E-state index >= 15 is 0 Å². The highest BCUT2D eigenvalue weighted by molar-refractivity contribution is 6.74. The third-order valence-electron chi connectivity index (χ3n) is 13.7. The van der Waals surface area contributed by atoms with E-state index in [9.17, 15) is 34.2 Å². The number of rotatable bonds is 9. The van der Waals surface area contributed by atoms with Gasteiger partial charge in [-0.2, -0.15) is 0 Å². The molecule has 4 amide bonds. The highest BCUT2D eigenvalue weighted by atomic mass is 35.5. The van der Waals surface area contributed by atoms with Crippen molar-refractivity contribution >= 4 is 70.4 Å². The molecule has 3 N–H and O–H groups in total. The molecule has 3 saturated heterocycles. The molecule has 3 heterocycles. The predicted octanol–water partition coefficient (Wildman–Crippen LogP) is 9.93. The Kier molecular flexibility index (Phi) is 22.2. The number of aliphatic hydroxyl groups is 1. The lowest BCUT2D eigenvalue weighted by Gasteiger charge is -2.38. The summed E-state index contributed by atoms with van der Waals surface area (Å²) in [4.78, 5) is 68.5. The molecule has 3 fully saturated rings. The van der Waals surface area contributed by atoms with Crippen LogP contribution in [-0.2, 0) is 32.7 Å². The van der Waals surface area contributed by atoms with Gasteiger partial charge in [0.1, 0.15) is 23.3 Å². The molecule has 6 atom stereocenters. The molecule has 3 aliphatic rings. The van der Waals surface area contributed by atoms with Crippen LogP contribution in [0.15, 0.2) is 48.5 Å². The molecule has 0 radical (unpaired) electrons. The molecule has 0 aromatic heterocycles. The van der Waals surface area contributed by atoms with Crippen molar-refractivity contribution in [2.75, 3.05) is 43.5 Å². The number of likely N-dealkylation sites (tertiary alicyclic amines) is 2. The summed E-state index contributed by atoms with van der Waals surface area (Å²) in [7, 11) is -0.541. The van der Waals surface area contributed by atoms with E-state index in [-0.39, 0.29) is 59.1 Å². The molecule has 408 valence electrons. The van der Waals surface area contributed by atoms with Crippen molar-refractivity contribution in [1.82, 2.24) is 15.1 Å². The molecule has 0 aliphatic carbocycles. The maximum absolute atomic E-state index is 13.5. The zero-order chi connectivity index (χ0) is 54.4. The fraction of sp³-hybridized carbons (Fsp3) is 0.679. The summed E-state index contributed by atoms with van der Waals surface area (Å²) in [5.41, 5.74) is 2.61. The molecule has 2 aromatic rings. The van der Waals surface area contributed by atoms with Gasteiger partial charge in [0.15, 0.2) is 16.6 Å². The Morgan fingerprint density at radius 2 is 1.00 bits per heavy atom. The van der Waals surface area contributed by atoms with E-state index in [0.29, 0.717) is 32.4 Å². The molecule has 16 nitrogen and oxygen atoms in total. The molecular formula is C53H90ClN5O11Si2. The summed E-state index contributed by atoms with van der Waals surface area (Å²) in [6.45, 7) is 37.5. The Balaban J connectivity index is 0.000000384. The molecule has 0 spiro atoms. The number of halogens is 1. The van der Waals surface area contributed by atoms with Gasteiger partial charge in [-0.25, -0.2) is 14.4 Å². The Labute approximate surface area is 439 Å². The number of aliphatic carboxylic acids is 1. The van der Waals surface area contributed by atoms with Crippen LogP contribution in [0.1, 0.15) is 113 Å². The van der Waals surface area contributed by atoms with Gasteiger partial charge >= 0.3 is 18.2 Å². The van der Waals surface area contributed by atoms with Gasteiger partial charge in [-0.05, 0) is 133 Å². The molecule has 5 rings (SSSR count). The molecule has 0 bridgehead atoms. The zero-order valence-electron chi connectivity index (χ0n) is 47.1. The van der Waals surface area contributed by atoms with E-state index in [1.165, 1.54) is 4.90 Å². The van der Waals surface area contributed by atoms with Crippen molar-refractivity contribution < 1.29 is 52.5 Å². The number of carboxylic acids is 1. The lowest BCUT2D eigenvalue weighted by molar-refractivity contribution is -0.142. The van der Waals surface area contributed by atoms with Crippen LogP contribution in [-0.4, -0.2) is 148 Å². The number of β-amino-alcohol motifs (C(OH)–C–C–N with tert-alkyl or cyclic N) is 1. The molecule has 2 aromatic carbocycles. The average Bonchev–Trinajstić information content (AvgIpc) is 3.96. The summed E-state index contributed by atoms with van der Waals surface area (Å²) in [5.74, 6) is -1.14. The number of anilines is 2. The van der Waals surface area contributed by atoms with Gasteiger partial charge in [-0.3, -0.25) is 19.4 Å². The van der Waals surface area contributed by atoms with E-state index in [2.05, 4.69) is 73.0 Å². The lowest BCUT2D eigenvalue weighted by atomic mass is 10.1. The van der Waals surface area contributed by atoms with Gasteiger partial charge in [0, 0.05) is 57.9 Å². The summed E-state index contributed by atoms with van der Waals surface area (Å²) < 4.78 is 23.8. The number of aliphatic hydroxyl groups excluding tert-OH is 1. The van der Waals surface area contributed by atoms with E-state index in [1.807, 2.05) is 83.1 Å². The number of carbonyl (C=O) groups is 5. The molecule has 19 heteroatoms. The van der Waals surface area contributed by atoms with Gasteiger partial charge in [0.2, 0.25) is 11.8 Å². The first kappa shape index (κ1) is 64.1. The van der Waals surface area contributed by atoms with Crippen LogP contribution in [0.3, 0.4) is 0 Å². The lowest BCUT2D eigenvalue weighted by Crippen LogP contribution is -2.48. The first-order chi connectivity index (χ1) is 32.2. The van der Waals surface area contributed by atoms with Crippen molar-refractivity contribution in [3.8, 4) is 0 Å². The number of hydrogen-bond donors (Lipinski definition) is 3. The Hall–Kier alpha value is -4.05. The maximum atomic E-state index is 13.5. The first-order valence-electron chi connectivity index (χ1n) is 24.9. The van der Waals surface area contributed by atoms with Crippen LogP contribution < -0.4 is 15.1 Å². The Morgan fingerprint density at radius 3 is 1.33 bits per heavy atom. The monoisotopic (exact) mass is 1060 g/mol. The van der Waals surface area contributed by atoms with Gasteiger partial charge in [0.05, 0.1) is 24.4 Å². The van der Waals surface area contributed by atoms with Crippen molar-refractivity contribution in [3.63, 3.8) is 0 Å². The minimum Gasteiger partial charge on any atom is -0.480 e. The quantitative estimate of drug-likeness (QED) is 0.202. The number of likely N-dealkylation sites (N-methyl/N-ethyl adjacent to an activating group) is 2. The van der Waals surface area contributed by atoms with Crippen molar-refractivity contribution in [3.05, 3.63) is 59.7 Å². The second kappa shape index (κ2) is 25.0. The number of benzene rings is 2. The summed E-state index contributed by atoms with van der Waals surface area (Å²) in [5, 5.41) is 21.9. The highest BCUT2D eigenvalue weighted by Gasteiger charge is 2.49. The minimum atomic E-state index is -2.05. The Bertz CT molecular complexity index is 2170. The van der Waals surface area contributed by atoms with E-state index in [1.54, 1.807) is 49.6 Å². The van der Waals surface area contributed by atoms with Crippen LogP contribution >= 0.6 is 12.4 Å². The van der Waals surface area contributed by atoms with E-state index < -0.39 is 64.2 Å². The maximum Gasteiger partial charge on any atom is 0.411 e. The van der Waals surface area contributed by atoms with Crippen LogP contribution in [0.5, 0.6) is 0 Å². The molecular weight excluding hydrogens is 974 g/mol. The molecule has 0 saturated carbocycles. The Morgan fingerprint density at radius 1 is 0.625 bits per heavy atom. The van der Waals surface area contributed by atoms with E-state index in [0.717, 1.165) is 22.5 Å². The van der Waals surface area contributed by atoms with Crippen LogP contribution in [0.4, 0.5) is 21.0 Å². The topological polar surface area (TPSA) is 188 Å². The normalized spacial score (nSPS) is 21.6. The smallest absolute Gasteiger partial charge is 0.411 e. The SMILES string of the molecule is CC(C)(C)OC(=O)N1C[C@@H](O[Si](C)(C)C(C)(C)C)C[C@H]1C(=O)O.Cc1cccc(N(C)C(=O)[C@@H]2C[C@H](O)CN2)c1.Cc1cccc(N(C)C(=O)[C@@H]2C[C@H](O[Si](C)(C)C(C)(C)C)CN2C(=O)OC(C)(C)C)c1.Cl. The van der Waals surface area contributed by atoms with Gasteiger partial charge in [-0.1, -0.05) is 65.8 Å². The van der Waals surface area contributed by atoms with Crippen LogP contribution in [0.2, 0.25) is 36.3 Å². The summed E-state index contributed by atoms with van der Waals surface area (Å²) >= 11 is 0. The number of carbonyl (C=O) groups excluding carboxylic acids is 4. The molecule has 0 unspecified atom stereocenters. The molecule has 72 heavy (non-hydrogen) atoms. The number of nitrogens with one attached hydrogen (secondary N) is 1. The van der Waals surface area contributed by atoms with Gasteiger partial charge in [-0.15, -0.1) is 12.4 Å². The van der Waals surface area contributed by atoms with E-state index in [4.69, 9.17) is 18.3 Å². The fourth-order valence-electron chi connectivity index (χ4n) is 7.76. The highest BCUT2D eigenvalue weighted by Crippen LogP contribution is 2.41. The number of amides is 4. The summed E-state index contributed by atoms with van der Waals surface area (Å²) in [6, 6.07) is 13.8. The van der Waals surface area contributed by atoms with Crippen molar-refractivity contribution in [2.24, 2.45) is 0 Å². The van der Waals surface area contributed by atoms with Crippen molar-refractivity contribution in [2.45, 2.75) is 200 Å². The number of hydrogen-bond acceptors (Lipinski definition) is 11. The minimum absolute atomic E-state index is 0. The molecule has 3 aliphatic heterocycles. The predicted molar refractivity (Wildman–Crippen MR) is 293 cm³/mol. The third-order valence-corrected chi connectivity index (χ3v) is 22.8. The standard InChI is InChI=1S/C24H40N2O4Si.C16H31NO5Si.C13H18N2O2.ClH/c1-17-12-11-13-18(14-17)25(8)21(27)20-15-19(30-31(9,10)24(5,6)7)16-26(20)22(28)29-23(2,3)4;1-15(2,3)21-14(20)17-10-11(9-12(17)13(18)19)22-23(7,8)16(4,5)6;1-9-4-3-5-10(6-9)15(2)13(17)12-7-11(16)8-14-12;/h11-14,19-20H,15-16H2,1-10H3;11-12H,9-10H2,1-8H3,(H,18,19);3-6,11-12,14,16H,7-8H2,1-2H3;1H/t19-,20-;2*11-,12-;/m000./s1. The summed E-state index contributed by atoms with van der Waals surface area (Å²) in [6.07, 6.45) is -0.639. The first-order valence-corrected chi connectivity index (χ1v) is 30.7.